The van der Waals surface area contributed by atoms with Crippen molar-refractivity contribution < 1.29 is 14.3 Å². The molecule has 0 unspecified atom stereocenters. The third-order valence-corrected chi connectivity index (χ3v) is 5.20. The van der Waals surface area contributed by atoms with E-state index in [-0.39, 0.29) is 24.3 Å². The second-order valence-electron chi connectivity index (χ2n) is 6.75. The SMILES string of the molecule is O=C(C[C@@H]1c2ncccc2C(=O)N1c1ccc(Cl)cc1)NC[C@H]1CCCO1. The fourth-order valence-corrected chi connectivity index (χ4v) is 3.75. The lowest BCUT2D eigenvalue weighted by molar-refractivity contribution is -0.121. The molecule has 1 aromatic carbocycles. The Labute approximate surface area is 162 Å². The first-order valence-corrected chi connectivity index (χ1v) is 9.43. The molecule has 0 aliphatic carbocycles. The number of carbonyl (C=O) groups is 2. The van der Waals surface area contributed by atoms with Gasteiger partial charge in [-0.3, -0.25) is 19.5 Å². The van der Waals surface area contributed by atoms with Gasteiger partial charge in [-0.2, -0.15) is 0 Å². The number of ether oxygens (including phenoxy) is 1. The Kier molecular flexibility index (Phi) is 5.09. The van der Waals surface area contributed by atoms with Crippen molar-refractivity contribution in [1.82, 2.24) is 10.3 Å². The van der Waals surface area contributed by atoms with Crippen molar-refractivity contribution in [1.29, 1.82) is 0 Å². The first-order chi connectivity index (χ1) is 13.1. The van der Waals surface area contributed by atoms with Crippen molar-refractivity contribution in [2.24, 2.45) is 0 Å². The van der Waals surface area contributed by atoms with Crippen molar-refractivity contribution in [2.45, 2.75) is 31.4 Å². The molecule has 1 N–H and O–H groups in total. The van der Waals surface area contributed by atoms with E-state index in [0.29, 0.717) is 28.5 Å². The van der Waals surface area contributed by atoms with Crippen LogP contribution in [0.1, 0.15) is 41.4 Å². The predicted molar refractivity (Wildman–Crippen MR) is 102 cm³/mol. The highest BCUT2D eigenvalue weighted by atomic mass is 35.5. The maximum Gasteiger partial charge on any atom is 0.260 e. The first-order valence-electron chi connectivity index (χ1n) is 9.06. The van der Waals surface area contributed by atoms with Crippen LogP contribution in [0, 0.1) is 0 Å². The maximum atomic E-state index is 12.9. The van der Waals surface area contributed by atoms with Gasteiger partial charge in [-0.25, -0.2) is 0 Å². The fourth-order valence-electron chi connectivity index (χ4n) is 3.63. The van der Waals surface area contributed by atoms with Gasteiger partial charge < -0.3 is 10.1 Å². The zero-order valence-electron chi connectivity index (χ0n) is 14.7. The van der Waals surface area contributed by atoms with E-state index in [2.05, 4.69) is 10.3 Å². The Balaban J connectivity index is 1.55. The number of nitrogens with one attached hydrogen (secondary N) is 1. The van der Waals surface area contributed by atoms with Crippen LogP contribution in [0.2, 0.25) is 5.02 Å². The molecule has 2 aliphatic rings. The lowest BCUT2D eigenvalue weighted by Gasteiger charge is -2.25. The average molecular weight is 386 g/mol. The lowest BCUT2D eigenvalue weighted by Crippen LogP contribution is -2.36. The van der Waals surface area contributed by atoms with E-state index in [1.54, 1.807) is 47.5 Å². The molecule has 0 radical (unpaired) electrons. The number of carbonyl (C=O) groups excluding carboxylic acids is 2. The Morgan fingerprint density at radius 3 is 2.85 bits per heavy atom. The Bertz CT molecular complexity index is 850. The van der Waals surface area contributed by atoms with Crippen molar-refractivity contribution in [3.05, 3.63) is 58.9 Å². The van der Waals surface area contributed by atoms with Crippen molar-refractivity contribution in [3.63, 3.8) is 0 Å². The standard InChI is InChI=1S/C20H20ClN3O3/c21-13-5-7-14(8-6-13)24-17(19-16(20(24)26)4-1-9-22-19)11-18(25)23-12-15-3-2-10-27-15/h1,4-9,15,17H,2-3,10-12H2,(H,23,25)/t15-,17-/m1/s1. The van der Waals surface area contributed by atoms with Gasteiger partial charge >= 0.3 is 0 Å². The molecule has 7 heteroatoms. The summed E-state index contributed by atoms with van der Waals surface area (Å²) in [5.41, 5.74) is 1.86. The summed E-state index contributed by atoms with van der Waals surface area (Å²) in [6.45, 7) is 1.24. The summed E-state index contributed by atoms with van der Waals surface area (Å²) in [5.74, 6) is -0.280. The van der Waals surface area contributed by atoms with Gasteiger partial charge in [0.25, 0.3) is 5.91 Å². The van der Waals surface area contributed by atoms with E-state index in [4.69, 9.17) is 16.3 Å². The number of pyridine rings is 1. The molecule has 140 valence electrons. The highest BCUT2D eigenvalue weighted by Gasteiger charge is 2.39. The van der Waals surface area contributed by atoms with Crippen LogP contribution < -0.4 is 10.2 Å². The van der Waals surface area contributed by atoms with Crippen LogP contribution in [-0.4, -0.2) is 36.1 Å². The smallest absolute Gasteiger partial charge is 0.260 e. The second kappa shape index (κ2) is 7.66. The third-order valence-electron chi connectivity index (χ3n) is 4.95. The number of hydrogen-bond acceptors (Lipinski definition) is 4. The van der Waals surface area contributed by atoms with Crippen molar-refractivity contribution >= 4 is 29.1 Å². The number of anilines is 1. The van der Waals surface area contributed by atoms with E-state index < -0.39 is 6.04 Å². The largest absolute Gasteiger partial charge is 0.376 e. The minimum Gasteiger partial charge on any atom is -0.376 e. The first kappa shape index (κ1) is 17.9. The number of rotatable bonds is 5. The van der Waals surface area contributed by atoms with Crippen LogP contribution in [0.5, 0.6) is 0 Å². The molecule has 0 spiro atoms. The molecule has 1 saturated heterocycles. The zero-order chi connectivity index (χ0) is 18.8. The highest BCUT2D eigenvalue weighted by molar-refractivity contribution is 6.30. The highest BCUT2D eigenvalue weighted by Crippen LogP contribution is 2.38. The second-order valence-corrected chi connectivity index (χ2v) is 7.18. The molecule has 2 aromatic rings. The van der Waals surface area contributed by atoms with E-state index in [1.165, 1.54) is 0 Å². The molecule has 1 aromatic heterocycles. The van der Waals surface area contributed by atoms with Crippen LogP contribution in [0.4, 0.5) is 5.69 Å². The quantitative estimate of drug-likeness (QED) is 0.858. The number of aromatic nitrogens is 1. The molecule has 2 atom stereocenters. The molecule has 1 fully saturated rings. The van der Waals surface area contributed by atoms with E-state index >= 15 is 0 Å². The van der Waals surface area contributed by atoms with E-state index in [1.807, 2.05) is 0 Å². The molecule has 4 rings (SSSR count). The van der Waals surface area contributed by atoms with E-state index in [9.17, 15) is 9.59 Å². The Morgan fingerprint density at radius 1 is 1.30 bits per heavy atom. The summed E-state index contributed by atoms with van der Waals surface area (Å²) in [5, 5.41) is 3.52. The third kappa shape index (κ3) is 3.68. The van der Waals surface area contributed by atoms with Crippen LogP contribution in [0.3, 0.4) is 0 Å². The van der Waals surface area contributed by atoms with Crippen LogP contribution in [0.15, 0.2) is 42.6 Å². The van der Waals surface area contributed by atoms with Gasteiger partial charge in [0.15, 0.2) is 0 Å². The monoisotopic (exact) mass is 385 g/mol. The predicted octanol–water partition coefficient (Wildman–Crippen LogP) is 3.12. The zero-order valence-corrected chi connectivity index (χ0v) is 15.5. The summed E-state index contributed by atoms with van der Waals surface area (Å²) in [4.78, 5) is 31.5. The molecular weight excluding hydrogens is 366 g/mol. The van der Waals surface area contributed by atoms with Crippen LogP contribution in [0.25, 0.3) is 0 Å². The van der Waals surface area contributed by atoms with Crippen molar-refractivity contribution in [2.75, 3.05) is 18.1 Å². The molecule has 3 heterocycles. The lowest BCUT2D eigenvalue weighted by atomic mass is 10.1. The molecule has 27 heavy (non-hydrogen) atoms. The minimum atomic E-state index is -0.445. The van der Waals surface area contributed by atoms with Gasteiger partial charge in [-0.15, -0.1) is 0 Å². The topological polar surface area (TPSA) is 71.5 Å². The molecule has 6 nitrogen and oxygen atoms in total. The maximum absolute atomic E-state index is 12.9. The van der Waals surface area contributed by atoms with Crippen molar-refractivity contribution in [3.8, 4) is 0 Å². The van der Waals surface area contributed by atoms with Gasteiger partial charge in [0.1, 0.15) is 0 Å². The molecule has 2 aliphatic heterocycles. The van der Waals surface area contributed by atoms with Crippen LogP contribution >= 0.6 is 11.6 Å². The molecule has 2 amide bonds. The molecule has 0 saturated carbocycles. The summed E-state index contributed by atoms with van der Waals surface area (Å²) in [7, 11) is 0. The summed E-state index contributed by atoms with van der Waals surface area (Å²) < 4.78 is 5.54. The Morgan fingerprint density at radius 2 is 2.11 bits per heavy atom. The molecular formula is C20H20ClN3O3. The van der Waals surface area contributed by atoms with Crippen LogP contribution in [-0.2, 0) is 9.53 Å². The van der Waals surface area contributed by atoms with Gasteiger partial charge in [0.05, 0.1) is 29.8 Å². The number of amides is 2. The normalized spacial score (nSPS) is 21.4. The summed E-state index contributed by atoms with van der Waals surface area (Å²) in [6, 6.07) is 10.1. The number of fused-ring (bicyclic) bond motifs is 1. The number of hydrogen-bond donors (Lipinski definition) is 1. The number of halogens is 1. The van der Waals surface area contributed by atoms with E-state index in [0.717, 1.165) is 19.4 Å². The van der Waals surface area contributed by atoms with Gasteiger partial charge in [-0.1, -0.05) is 11.6 Å². The summed E-state index contributed by atoms with van der Waals surface area (Å²) >= 11 is 5.98. The minimum absolute atomic E-state index is 0.0805. The fraction of sp³-hybridized carbons (Fsp3) is 0.350. The van der Waals surface area contributed by atoms with Gasteiger partial charge in [0, 0.05) is 30.1 Å². The number of nitrogens with zero attached hydrogens (tertiary/aromatic N) is 2. The average Bonchev–Trinajstić information content (AvgIpc) is 3.29. The molecule has 0 bridgehead atoms. The summed E-state index contributed by atoms with van der Waals surface area (Å²) in [6.07, 6.45) is 3.86. The number of benzene rings is 1. The Hall–Kier alpha value is -2.44. The van der Waals surface area contributed by atoms with Gasteiger partial charge in [0.2, 0.25) is 5.91 Å². The van der Waals surface area contributed by atoms with Gasteiger partial charge in [-0.05, 0) is 49.2 Å².